The lowest BCUT2D eigenvalue weighted by Gasteiger charge is -2.46. The zero-order valence-corrected chi connectivity index (χ0v) is 13.4. The van der Waals surface area contributed by atoms with E-state index in [1.807, 2.05) is 31.2 Å². The molecule has 1 heterocycles. The van der Waals surface area contributed by atoms with Gasteiger partial charge in [0.05, 0.1) is 13.7 Å². The normalized spacial score (nSPS) is 27.2. The molecule has 5 heteroatoms. The summed E-state index contributed by atoms with van der Waals surface area (Å²) in [6, 6.07) is 7.60. The molecule has 5 nitrogen and oxygen atoms in total. The van der Waals surface area contributed by atoms with Gasteiger partial charge in [-0.2, -0.15) is 0 Å². The first-order valence-corrected chi connectivity index (χ1v) is 7.23. The highest BCUT2D eigenvalue weighted by Crippen LogP contribution is 2.38. The molecule has 1 aromatic carbocycles. The van der Waals surface area contributed by atoms with Crippen molar-refractivity contribution in [2.75, 3.05) is 13.7 Å². The average molecular weight is 306 g/mol. The molecule has 0 saturated carbocycles. The molecule has 120 valence electrons. The number of carbonyl (C=O) groups is 2. The molecule has 0 radical (unpaired) electrons. The number of aldehydes is 1. The summed E-state index contributed by atoms with van der Waals surface area (Å²) < 4.78 is 16.6. The lowest BCUT2D eigenvalue weighted by molar-refractivity contribution is -0.305. The topological polar surface area (TPSA) is 61.8 Å². The van der Waals surface area contributed by atoms with Crippen LogP contribution in [-0.4, -0.2) is 37.7 Å². The first kappa shape index (κ1) is 16.6. The summed E-state index contributed by atoms with van der Waals surface area (Å²) in [5, 5.41) is 0. The van der Waals surface area contributed by atoms with Gasteiger partial charge in [-0.1, -0.05) is 19.1 Å². The highest BCUT2D eigenvalue weighted by molar-refractivity contribution is 6.27. The van der Waals surface area contributed by atoms with E-state index in [2.05, 4.69) is 0 Å². The Kier molecular flexibility index (Phi) is 4.68. The molecule has 2 rings (SSSR count). The van der Waals surface area contributed by atoms with Crippen LogP contribution >= 0.6 is 0 Å². The molecular weight excluding hydrogens is 284 g/mol. The maximum absolute atomic E-state index is 12.0. The summed E-state index contributed by atoms with van der Waals surface area (Å²) in [7, 11) is 1.61. The number of hydrogen-bond donors (Lipinski definition) is 0. The van der Waals surface area contributed by atoms with Gasteiger partial charge in [-0.3, -0.25) is 9.59 Å². The lowest BCUT2D eigenvalue weighted by Crippen LogP contribution is -2.56. The van der Waals surface area contributed by atoms with Crippen molar-refractivity contribution < 1.29 is 23.8 Å². The second-order valence-electron chi connectivity index (χ2n) is 6.39. The minimum Gasteiger partial charge on any atom is -0.497 e. The zero-order valence-electron chi connectivity index (χ0n) is 13.4. The molecule has 1 aliphatic heterocycles. The third-order valence-electron chi connectivity index (χ3n) is 3.93. The van der Waals surface area contributed by atoms with Crippen molar-refractivity contribution in [3.05, 3.63) is 29.8 Å². The van der Waals surface area contributed by atoms with Crippen LogP contribution in [0, 0.1) is 5.41 Å². The highest BCUT2D eigenvalue weighted by atomic mass is 16.7. The molecule has 2 atom stereocenters. The number of hydrogen-bond acceptors (Lipinski definition) is 5. The Morgan fingerprint density at radius 1 is 1.32 bits per heavy atom. The number of carbonyl (C=O) groups excluding carboxylic acids is 2. The summed E-state index contributed by atoms with van der Waals surface area (Å²) in [6.07, 6.45) is 0.0891. The third kappa shape index (κ3) is 3.54. The maximum Gasteiger partial charge on any atom is 0.224 e. The fourth-order valence-corrected chi connectivity index (χ4v) is 2.69. The van der Waals surface area contributed by atoms with Gasteiger partial charge >= 0.3 is 0 Å². The van der Waals surface area contributed by atoms with E-state index in [9.17, 15) is 9.59 Å². The molecule has 2 unspecified atom stereocenters. The molecule has 0 N–H and O–H groups in total. The molecule has 0 bridgehead atoms. The van der Waals surface area contributed by atoms with Crippen LogP contribution in [0.4, 0.5) is 0 Å². The summed E-state index contributed by atoms with van der Waals surface area (Å²) in [4.78, 5) is 22.9. The van der Waals surface area contributed by atoms with Gasteiger partial charge in [0.25, 0.3) is 0 Å². The quantitative estimate of drug-likeness (QED) is 0.616. The average Bonchev–Trinajstić information content (AvgIpc) is 2.50. The van der Waals surface area contributed by atoms with Crippen molar-refractivity contribution in [1.29, 1.82) is 0 Å². The maximum atomic E-state index is 12.0. The fourth-order valence-electron chi connectivity index (χ4n) is 2.69. The van der Waals surface area contributed by atoms with E-state index in [1.54, 1.807) is 21.0 Å². The number of Topliss-reactive ketones (excluding diaryl/α,β-unsaturated/α-hetero) is 1. The first-order valence-electron chi connectivity index (χ1n) is 7.23. The molecule has 0 aliphatic carbocycles. The van der Waals surface area contributed by atoms with Gasteiger partial charge in [-0.25, -0.2) is 0 Å². The summed E-state index contributed by atoms with van der Waals surface area (Å²) in [6.45, 7) is 5.73. The summed E-state index contributed by atoms with van der Waals surface area (Å²) >= 11 is 0. The molecule has 22 heavy (non-hydrogen) atoms. The standard InChI is InChI=1S/C17H22O5/c1-16(2)21-11-17(3,15(22-16)14(19)10-18)9-12-5-7-13(20-4)8-6-12/h5-8,10,15H,9,11H2,1-4H3. The Balaban J connectivity index is 2.24. The van der Waals surface area contributed by atoms with Crippen molar-refractivity contribution in [2.45, 2.75) is 39.1 Å². The molecule has 0 aromatic heterocycles. The van der Waals surface area contributed by atoms with Gasteiger partial charge in [0.15, 0.2) is 12.1 Å². The van der Waals surface area contributed by atoms with Crippen LogP contribution in [0.5, 0.6) is 5.75 Å². The summed E-state index contributed by atoms with van der Waals surface area (Å²) in [5.41, 5.74) is 0.432. The Morgan fingerprint density at radius 3 is 2.50 bits per heavy atom. The van der Waals surface area contributed by atoms with E-state index in [1.165, 1.54) is 0 Å². The molecule has 0 spiro atoms. The lowest BCUT2D eigenvalue weighted by atomic mass is 9.76. The van der Waals surface area contributed by atoms with Crippen LogP contribution in [0.3, 0.4) is 0 Å². The Hall–Kier alpha value is -1.72. The van der Waals surface area contributed by atoms with Crippen molar-refractivity contribution in [3.8, 4) is 5.75 Å². The highest BCUT2D eigenvalue weighted by Gasteiger charge is 2.48. The zero-order chi connectivity index (χ0) is 16.4. The van der Waals surface area contributed by atoms with Gasteiger partial charge in [-0.05, 0) is 38.0 Å². The minimum absolute atomic E-state index is 0.332. The van der Waals surface area contributed by atoms with Gasteiger partial charge in [0.2, 0.25) is 5.78 Å². The van der Waals surface area contributed by atoms with Crippen LogP contribution in [0.2, 0.25) is 0 Å². The first-order chi connectivity index (χ1) is 10.3. The van der Waals surface area contributed by atoms with Gasteiger partial charge in [-0.15, -0.1) is 0 Å². The number of rotatable bonds is 5. The fraction of sp³-hybridized carbons (Fsp3) is 0.529. The van der Waals surface area contributed by atoms with Crippen LogP contribution in [0.1, 0.15) is 26.3 Å². The SMILES string of the molecule is COc1ccc(CC2(C)COC(C)(C)OC2C(=O)C=O)cc1. The van der Waals surface area contributed by atoms with E-state index < -0.39 is 23.1 Å². The predicted molar refractivity (Wildman–Crippen MR) is 80.8 cm³/mol. The van der Waals surface area contributed by atoms with Crippen molar-refractivity contribution in [2.24, 2.45) is 5.41 Å². The van der Waals surface area contributed by atoms with E-state index in [4.69, 9.17) is 14.2 Å². The smallest absolute Gasteiger partial charge is 0.224 e. The Bertz CT molecular complexity index is 549. The molecule has 1 fully saturated rings. The van der Waals surface area contributed by atoms with Crippen LogP contribution in [-0.2, 0) is 25.5 Å². The van der Waals surface area contributed by atoms with Crippen LogP contribution in [0.25, 0.3) is 0 Å². The van der Waals surface area contributed by atoms with Crippen molar-refractivity contribution in [3.63, 3.8) is 0 Å². The number of methoxy groups -OCH3 is 1. The van der Waals surface area contributed by atoms with E-state index in [0.29, 0.717) is 19.3 Å². The van der Waals surface area contributed by atoms with Crippen molar-refractivity contribution in [1.82, 2.24) is 0 Å². The Morgan fingerprint density at radius 2 is 1.95 bits per heavy atom. The second-order valence-corrected chi connectivity index (χ2v) is 6.39. The summed E-state index contributed by atoms with van der Waals surface area (Å²) in [5.74, 6) is -0.651. The number of ketones is 1. The molecule has 1 aliphatic rings. The van der Waals surface area contributed by atoms with E-state index in [0.717, 1.165) is 11.3 Å². The molecule has 0 amide bonds. The van der Waals surface area contributed by atoms with Crippen LogP contribution in [0.15, 0.2) is 24.3 Å². The number of benzene rings is 1. The largest absolute Gasteiger partial charge is 0.497 e. The Labute approximate surface area is 130 Å². The second kappa shape index (κ2) is 6.18. The monoisotopic (exact) mass is 306 g/mol. The van der Waals surface area contributed by atoms with Gasteiger partial charge < -0.3 is 14.2 Å². The molecule has 1 aromatic rings. The van der Waals surface area contributed by atoms with E-state index in [-0.39, 0.29) is 0 Å². The third-order valence-corrected chi connectivity index (χ3v) is 3.93. The predicted octanol–water partition coefficient (Wildman–Crippen LogP) is 2.16. The van der Waals surface area contributed by atoms with E-state index >= 15 is 0 Å². The minimum atomic E-state index is -0.872. The molecule has 1 saturated heterocycles. The van der Waals surface area contributed by atoms with Gasteiger partial charge in [0, 0.05) is 5.41 Å². The van der Waals surface area contributed by atoms with Crippen molar-refractivity contribution >= 4 is 12.1 Å². The molecular formula is C17H22O5. The van der Waals surface area contributed by atoms with Crippen LogP contribution < -0.4 is 4.74 Å². The number of ether oxygens (including phenoxy) is 3. The van der Waals surface area contributed by atoms with Gasteiger partial charge in [0.1, 0.15) is 11.9 Å².